The monoisotopic (exact) mass is 402 g/mol. The molecule has 1 fully saturated rings. The minimum Gasteiger partial charge on any atom is -0.492 e. The third-order valence-electron chi connectivity index (χ3n) is 4.10. The van der Waals surface area contributed by atoms with Crippen LogP contribution in [0.2, 0.25) is 0 Å². The fourth-order valence-corrected chi connectivity index (χ4v) is 2.51. The van der Waals surface area contributed by atoms with E-state index in [-0.39, 0.29) is 23.5 Å². The Morgan fingerprint density at radius 3 is 2.43 bits per heavy atom. The molecule has 0 bridgehead atoms. The SMILES string of the molecule is O=CC[C@H](O)[C@H](O)CO.OC[C@H]1O[C@@H](n2cnc3c(O)ncnc32)[C@H](O)[C@@H]1O. The summed E-state index contributed by atoms with van der Waals surface area (Å²) in [4.78, 5) is 21.1. The first-order chi connectivity index (χ1) is 13.3. The topological polar surface area (TPSA) is 212 Å². The number of imidazole rings is 1. The molecule has 156 valence electrons. The van der Waals surface area contributed by atoms with Crippen LogP contribution in [0.15, 0.2) is 12.7 Å². The molecular formula is C15H22N4O9. The molecule has 1 aliphatic heterocycles. The van der Waals surface area contributed by atoms with Crippen LogP contribution in [-0.4, -0.2) is 105 Å². The lowest BCUT2D eigenvalue weighted by molar-refractivity contribution is -0.111. The Hall–Kier alpha value is -2.26. The second-order valence-electron chi connectivity index (χ2n) is 5.97. The average molecular weight is 402 g/mol. The summed E-state index contributed by atoms with van der Waals surface area (Å²) >= 11 is 0. The van der Waals surface area contributed by atoms with Crippen LogP contribution in [0.4, 0.5) is 0 Å². The van der Waals surface area contributed by atoms with Gasteiger partial charge < -0.3 is 45.3 Å². The van der Waals surface area contributed by atoms with Crippen LogP contribution in [0, 0.1) is 0 Å². The van der Waals surface area contributed by atoms with Crippen molar-refractivity contribution in [1.29, 1.82) is 0 Å². The minimum absolute atomic E-state index is 0.137. The number of nitrogens with zero attached hydrogens (tertiary/aromatic N) is 4. The quantitative estimate of drug-likeness (QED) is 0.234. The maximum Gasteiger partial charge on any atom is 0.242 e. The fraction of sp³-hybridized carbons (Fsp3) is 0.600. The lowest BCUT2D eigenvalue weighted by Crippen LogP contribution is -2.33. The molecule has 0 unspecified atom stereocenters. The highest BCUT2D eigenvalue weighted by atomic mass is 16.6. The van der Waals surface area contributed by atoms with Gasteiger partial charge in [-0.3, -0.25) is 4.57 Å². The Bertz CT molecular complexity index is 773. The molecule has 6 atom stereocenters. The number of hydrogen-bond donors (Lipinski definition) is 7. The molecule has 13 heteroatoms. The van der Waals surface area contributed by atoms with E-state index in [4.69, 9.17) is 25.2 Å². The van der Waals surface area contributed by atoms with Gasteiger partial charge in [-0.15, -0.1) is 0 Å². The van der Waals surface area contributed by atoms with Crippen molar-refractivity contribution >= 4 is 17.5 Å². The number of aliphatic hydroxyl groups is 6. The molecular weight excluding hydrogens is 380 g/mol. The summed E-state index contributed by atoms with van der Waals surface area (Å²) in [7, 11) is 0. The summed E-state index contributed by atoms with van der Waals surface area (Å²) in [6, 6.07) is 0. The summed E-state index contributed by atoms with van der Waals surface area (Å²) in [6.07, 6.45) is -3.77. The Morgan fingerprint density at radius 2 is 1.86 bits per heavy atom. The van der Waals surface area contributed by atoms with Gasteiger partial charge in [0.2, 0.25) is 5.88 Å². The molecule has 2 aromatic heterocycles. The van der Waals surface area contributed by atoms with E-state index in [1.165, 1.54) is 10.9 Å². The van der Waals surface area contributed by atoms with Gasteiger partial charge in [-0.05, 0) is 0 Å². The molecule has 0 aromatic carbocycles. The van der Waals surface area contributed by atoms with Gasteiger partial charge >= 0.3 is 0 Å². The van der Waals surface area contributed by atoms with Gasteiger partial charge in [0, 0.05) is 6.42 Å². The van der Waals surface area contributed by atoms with Crippen LogP contribution in [0.5, 0.6) is 5.88 Å². The van der Waals surface area contributed by atoms with E-state index < -0.39 is 50.0 Å². The molecule has 0 spiro atoms. The summed E-state index contributed by atoms with van der Waals surface area (Å²) in [5.74, 6) is -0.282. The molecule has 1 saturated heterocycles. The van der Waals surface area contributed by atoms with E-state index >= 15 is 0 Å². The van der Waals surface area contributed by atoms with E-state index in [0.29, 0.717) is 6.29 Å². The van der Waals surface area contributed by atoms with Gasteiger partial charge in [-0.2, -0.15) is 4.98 Å². The maximum absolute atomic E-state index is 9.92. The molecule has 1 aliphatic rings. The van der Waals surface area contributed by atoms with E-state index in [9.17, 15) is 20.1 Å². The van der Waals surface area contributed by atoms with Gasteiger partial charge in [-0.25, -0.2) is 9.97 Å². The molecule has 28 heavy (non-hydrogen) atoms. The zero-order valence-corrected chi connectivity index (χ0v) is 14.6. The highest BCUT2D eigenvalue weighted by Crippen LogP contribution is 2.32. The van der Waals surface area contributed by atoms with Crippen LogP contribution in [-0.2, 0) is 9.53 Å². The van der Waals surface area contributed by atoms with Crippen molar-refractivity contribution in [2.45, 2.75) is 43.2 Å². The number of aldehydes is 1. The molecule has 0 aliphatic carbocycles. The number of carbonyl (C=O) groups excluding carboxylic acids is 1. The Balaban J connectivity index is 0.000000266. The van der Waals surface area contributed by atoms with E-state index in [1.807, 2.05) is 0 Å². The third-order valence-corrected chi connectivity index (χ3v) is 4.10. The standard InChI is InChI=1S/C10H12N4O5.C5H10O4/c15-1-4-6(16)7(17)10(19-4)14-3-13-5-8(14)11-2-12-9(5)18;6-2-1-4(8)5(9)3-7/h2-4,6-7,10,15-17H,1H2,(H,11,12,18);2,4-5,7-9H,1,3H2/t4-,6-,7-,10-;4-,5+/m10/s1. The van der Waals surface area contributed by atoms with Crippen molar-refractivity contribution < 1.29 is 45.3 Å². The lowest BCUT2D eigenvalue weighted by atomic mass is 10.1. The van der Waals surface area contributed by atoms with Gasteiger partial charge in [0.25, 0.3) is 0 Å². The van der Waals surface area contributed by atoms with Crippen molar-refractivity contribution in [3.8, 4) is 5.88 Å². The maximum atomic E-state index is 9.92. The molecule has 0 amide bonds. The largest absolute Gasteiger partial charge is 0.492 e. The molecule has 3 rings (SSSR count). The molecule has 0 saturated carbocycles. The second-order valence-corrected chi connectivity index (χ2v) is 5.97. The smallest absolute Gasteiger partial charge is 0.242 e. The number of hydrogen-bond acceptors (Lipinski definition) is 12. The van der Waals surface area contributed by atoms with E-state index in [1.54, 1.807) is 0 Å². The highest BCUT2D eigenvalue weighted by Gasteiger charge is 2.44. The lowest BCUT2D eigenvalue weighted by Gasteiger charge is -2.16. The van der Waals surface area contributed by atoms with Crippen LogP contribution < -0.4 is 0 Å². The van der Waals surface area contributed by atoms with Gasteiger partial charge in [0.05, 0.1) is 25.6 Å². The summed E-state index contributed by atoms with van der Waals surface area (Å²) in [5, 5.41) is 63.7. The second kappa shape index (κ2) is 9.79. The van der Waals surface area contributed by atoms with Gasteiger partial charge in [0.1, 0.15) is 37.0 Å². The van der Waals surface area contributed by atoms with E-state index in [2.05, 4.69) is 15.0 Å². The first kappa shape index (κ1) is 22.0. The number of aliphatic hydroxyl groups excluding tert-OH is 6. The van der Waals surface area contributed by atoms with Crippen LogP contribution in [0.1, 0.15) is 12.6 Å². The summed E-state index contributed by atoms with van der Waals surface area (Å²) in [5.41, 5.74) is 0.433. The predicted octanol–water partition coefficient (Wildman–Crippen LogP) is -3.57. The van der Waals surface area contributed by atoms with Crippen molar-refractivity contribution in [2.24, 2.45) is 0 Å². The third kappa shape index (κ3) is 4.59. The molecule has 0 radical (unpaired) electrons. The van der Waals surface area contributed by atoms with Crippen LogP contribution in [0.25, 0.3) is 11.2 Å². The van der Waals surface area contributed by atoms with Crippen molar-refractivity contribution in [2.75, 3.05) is 13.2 Å². The number of aromatic nitrogens is 4. The molecule has 13 nitrogen and oxygen atoms in total. The zero-order chi connectivity index (χ0) is 20.8. The van der Waals surface area contributed by atoms with Crippen LogP contribution in [0.3, 0.4) is 0 Å². The number of rotatable bonds is 6. The number of aromatic hydroxyl groups is 1. The normalized spacial score (nSPS) is 26.5. The molecule has 7 N–H and O–H groups in total. The minimum atomic E-state index is -1.23. The first-order valence-corrected chi connectivity index (χ1v) is 8.25. The Morgan fingerprint density at radius 1 is 1.14 bits per heavy atom. The average Bonchev–Trinajstić information content (AvgIpc) is 3.24. The molecule has 2 aromatic rings. The number of fused-ring (bicyclic) bond motifs is 1. The Labute approximate surface area is 158 Å². The van der Waals surface area contributed by atoms with Crippen LogP contribution >= 0.6 is 0 Å². The van der Waals surface area contributed by atoms with Gasteiger partial charge in [-0.1, -0.05) is 0 Å². The van der Waals surface area contributed by atoms with Crippen molar-refractivity contribution in [1.82, 2.24) is 19.5 Å². The number of carbonyl (C=O) groups is 1. The highest BCUT2D eigenvalue weighted by molar-refractivity contribution is 5.75. The predicted molar refractivity (Wildman–Crippen MR) is 89.8 cm³/mol. The Kier molecular flexibility index (Phi) is 7.70. The summed E-state index contributed by atoms with van der Waals surface area (Å²) < 4.78 is 6.73. The number of ether oxygens (including phenoxy) is 1. The van der Waals surface area contributed by atoms with Crippen molar-refractivity contribution in [3.05, 3.63) is 12.7 Å². The van der Waals surface area contributed by atoms with Gasteiger partial charge in [0.15, 0.2) is 17.4 Å². The fourth-order valence-electron chi connectivity index (χ4n) is 2.51. The van der Waals surface area contributed by atoms with E-state index in [0.717, 1.165) is 6.33 Å². The first-order valence-electron chi connectivity index (χ1n) is 8.25. The molecule has 3 heterocycles. The zero-order valence-electron chi connectivity index (χ0n) is 14.6. The van der Waals surface area contributed by atoms with Crippen molar-refractivity contribution in [3.63, 3.8) is 0 Å². The summed E-state index contributed by atoms with van der Waals surface area (Å²) in [6.45, 7) is -0.934.